The van der Waals surface area contributed by atoms with E-state index in [-0.39, 0.29) is 11.1 Å². The molecular weight excluding hydrogens is 236 g/mol. The standard InChI is InChI=1S/C9H7ClN2O2S/c10-8-6(1-3-14-8)9(13)12-5-7-11-2-4-15-7/h1-4H,5H2,(H,12,13). The third-order valence-electron chi connectivity index (χ3n) is 1.75. The maximum atomic E-state index is 11.5. The SMILES string of the molecule is O=C(NCc1nccs1)c1ccoc1Cl. The van der Waals surface area contributed by atoms with E-state index < -0.39 is 0 Å². The van der Waals surface area contributed by atoms with E-state index in [1.807, 2.05) is 5.38 Å². The van der Waals surface area contributed by atoms with E-state index in [0.717, 1.165) is 5.01 Å². The molecule has 0 fully saturated rings. The van der Waals surface area contributed by atoms with Gasteiger partial charge < -0.3 is 9.73 Å². The molecule has 0 atom stereocenters. The van der Waals surface area contributed by atoms with Crippen molar-refractivity contribution in [3.63, 3.8) is 0 Å². The number of halogens is 1. The third kappa shape index (κ3) is 2.37. The lowest BCUT2D eigenvalue weighted by Gasteiger charge is -2.00. The van der Waals surface area contributed by atoms with Crippen LogP contribution in [0.25, 0.3) is 0 Å². The van der Waals surface area contributed by atoms with E-state index in [4.69, 9.17) is 16.0 Å². The van der Waals surface area contributed by atoms with Gasteiger partial charge in [0.25, 0.3) is 5.91 Å². The van der Waals surface area contributed by atoms with Gasteiger partial charge >= 0.3 is 0 Å². The second-order valence-electron chi connectivity index (χ2n) is 2.72. The molecular formula is C9H7ClN2O2S. The zero-order valence-electron chi connectivity index (χ0n) is 7.57. The van der Waals surface area contributed by atoms with Crippen LogP contribution in [-0.2, 0) is 6.54 Å². The van der Waals surface area contributed by atoms with Crippen molar-refractivity contribution in [1.29, 1.82) is 0 Å². The molecule has 4 nitrogen and oxygen atoms in total. The first kappa shape index (κ1) is 10.2. The Hall–Kier alpha value is -1.33. The Morgan fingerprint density at radius 3 is 3.13 bits per heavy atom. The molecule has 78 valence electrons. The van der Waals surface area contributed by atoms with E-state index in [2.05, 4.69) is 10.3 Å². The summed E-state index contributed by atoms with van der Waals surface area (Å²) in [5.74, 6) is -0.260. The van der Waals surface area contributed by atoms with Gasteiger partial charge in [-0.3, -0.25) is 4.79 Å². The molecule has 2 rings (SSSR count). The number of nitrogens with zero attached hydrogens (tertiary/aromatic N) is 1. The van der Waals surface area contributed by atoms with E-state index >= 15 is 0 Å². The summed E-state index contributed by atoms with van der Waals surface area (Å²) in [6, 6.07) is 1.53. The Bertz CT molecular complexity index is 452. The average molecular weight is 243 g/mol. The summed E-state index contributed by atoms with van der Waals surface area (Å²) in [6.45, 7) is 0.401. The van der Waals surface area contributed by atoms with Crippen molar-refractivity contribution >= 4 is 28.8 Å². The molecule has 2 heterocycles. The van der Waals surface area contributed by atoms with E-state index in [1.54, 1.807) is 6.20 Å². The molecule has 0 saturated carbocycles. The smallest absolute Gasteiger partial charge is 0.256 e. The zero-order chi connectivity index (χ0) is 10.7. The highest BCUT2D eigenvalue weighted by atomic mass is 35.5. The number of thiazole rings is 1. The van der Waals surface area contributed by atoms with Gasteiger partial charge in [-0.15, -0.1) is 11.3 Å². The first-order chi connectivity index (χ1) is 7.27. The van der Waals surface area contributed by atoms with Crippen LogP contribution in [0.5, 0.6) is 0 Å². The maximum Gasteiger partial charge on any atom is 0.256 e. The van der Waals surface area contributed by atoms with Crippen molar-refractivity contribution in [3.8, 4) is 0 Å². The number of carbonyl (C=O) groups excluding carboxylic acids is 1. The fraction of sp³-hybridized carbons (Fsp3) is 0.111. The molecule has 0 aliphatic carbocycles. The summed E-state index contributed by atoms with van der Waals surface area (Å²) in [6.07, 6.45) is 3.07. The Labute approximate surface area is 94.9 Å². The normalized spacial score (nSPS) is 10.2. The summed E-state index contributed by atoms with van der Waals surface area (Å²) in [5, 5.41) is 5.50. The fourth-order valence-corrected chi connectivity index (χ4v) is 1.80. The van der Waals surface area contributed by atoms with Gasteiger partial charge in [0.15, 0.2) is 0 Å². The van der Waals surface area contributed by atoms with Crippen LogP contribution in [0.1, 0.15) is 15.4 Å². The van der Waals surface area contributed by atoms with Gasteiger partial charge in [0.2, 0.25) is 5.22 Å². The number of aromatic nitrogens is 1. The first-order valence-electron chi connectivity index (χ1n) is 4.17. The number of amides is 1. The Morgan fingerprint density at radius 1 is 1.67 bits per heavy atom. The van der Waals surface area contributed by atoms with Crippen LogP contribution in [0.15, 0.2) is 28.3 Å². The quantitative estimate of drug-likeness (QED) is 0.899. The van der Waals surface area contributed by atoms with Crippen LogP contribution >= 0.6 is 22.9 Å². The predicted molar refractivity (Wildman–Crippen MR) is 57.0 cm³/mol. The monoisotopic (exact) mass is 242 g/mol. The molecule has 6 heteroatoms. The molecule has 0 bridgehead atoms. The number of hydrogen-bond donors (Lipinski definition) is 1. The Balaban J connectivity index is 1.96. The van der Waals surface area contributed by atoms with Crippen molar-refractivity contribution in [1.82, 2.24) is 10.3 Å². The van der Waals surface area contributed by atoms with Gasteiger partial charge in [-0.2, -0.15) is 0 Å². The number of furan rings is 1. The van der Waals surface area contributed by atoms with Gasteiger partial charge in [-0.25, -0.2) is 4.98 Å². The topological polar surface area (TPSA) is 55.1 Å². The summed E-state index contributed by atoms with van der Waals surface area (Å²) in [4.78, 5) is 15.6. The number of nitrogens with one attached hydrogen (secondary N) is 1. The maximum absolute atomic E-state index is 11.5. The second-order valence-corrected chi connectivity index (χ2v) is 4.04. The van der Waals surface area contributed by atoms with Crippen LogP contribution in [0.4, 0.5) is 0 Å². The van der Waals surface area contributed by atoms with Crippen molar-refractivity contribution in [2.24, 2.45) is 0 Å². The Morgan fingerprint density at radius 2 is 2.53 bits per heavy atom. The number of carbonyl (C=O) groups is 1. The number of rotatable bonds is 3. The van der Waals surface area contributed by atoms with Crippen LogP contribution in [-0.4, -0.2) is 10.9 Å². The largest absolute Gasteiger partial charge is 0.452 e. The molecule has 0 saturated heterocycles. The molecule has 0 unspecified atom stereocenters. The van der Waals surface area contributed by atoms with E-state index in [9.17, 15) is 4.79 Å². The van der Waals surface area contributed by atoms with Gasteiger partial charge in [0.1, 0.15) is 5.01 Å². The van der Waals surface area contributed by atoms with E-state index in [0.29, 0.717) is 12.1 Å². The molecule has 1 amide bonds. The van der Waals surface area contributed by atoms with Crippen molar-refractivity contribution in [3.05, 3.63) is 39.7 Å². The van der Waals surface area contributed by atoms with Gasteiger partial charge in [0, 0.05) is 11.6 Å². The van der Waals surface area contributed by atoms with Crippen LogP contribution in [0.3, 0.4) is 0 Å². The lowest BCUT2D eigenvalue weighted by molar-refractivity contribution is 0.0950. The highest BCUT2D eigenvalue weighted by Gasteiger charge is 2.12. The second kappa shape index (κ2) is 4.46. The first-order valence-corrected chi connectivity index (χ1v) is 5.42. The van der Waals surface area contributed by atoms with Gasteiger partial charge in [0.05, 0.1) is 18.4 Å². The summed E-state index contributed by atoms with van der Waals surface area (Å²) in [7, 11) is 0. The molecule has 2 aromatic rings. The molecule has 0 aromatic carbocycles. The fourth-order valence-electron chi connectivity index (χ4n) is 1.05. The van der Waals surface area contributed by atoms with Crippen LogP contribution in [0.2, 0.25) is 5.22 Å². The van der Waals surface area contributed by atoms with Crippen molar-refractivity contribution in [2.75, 3.05) is 0 Å². The minimum absolute atomic E-state index is 0.103. The highest BCUT2D eigenvalue weighted by molar-refractivity contribution is 7.09. The van der Waals surface area contributed by atoms with Crippen molar-refractivity contribution < 1.29 is 9.21 Å². The molecule has 0 aliphatic rings. The Kier molecular flexibility index (Phi) is 3.03. The zero-order valence-corrected chi connectivity index (χ0v) is 9.14. The van der Waals surface area contributed by atoms with E-state index in [1.165, 1.54) is 23.7 Å². The molecule has 0 spiro atoms. The minimum Gasteiger partial charge on any atom is -0.452 e. The molecule has 0 aliphatic heterocycles. The van der Waals surface area contributed by atoms with Gasteiger partial charge in [-0.1, -0.05) is 0 Å². The highest BCUT2D eigenvalue weighted by Crippen LogP contribution is 2.16. The number of hydrogen-bond acceptors (Lipinski definition) is 4. The van der Waals surface area contributed by atoms with Crippen LogP contribution in [0, 0.1) is 0 Å². The molecule has 15 heavy (non-hydrogen) atoms. The lowest BCUT2D eigenvalue weighted by Crippen LogP contribution is -2.22. The molecule has 1 N–H and O–H groups in total. The molecule has 0 radical (unpaired) electrons. The average Bonchev–Trinajstić information content (AvgIpc) is 2.84. The molecule has 2 aromatic heterocycles. The van der Waals surface area contributed by atoms with Crippen LogP contribution < -0.4 is 5.32 Å². The van der Waals surface area contributed by atoms with Gasteiger partial charge in [-0.05, 0) is 17.7 Å². The third-order valence-corrected chi connectivity index (χ3v) is 2.82. The summed E-state index contributed by atoms with van der Waals surface area (Å²) in [5.41, 5.74) is 0.341. The predicted octanol–water partition coefficient (Wildman–Crippen LogP) is 2.32. The minimum atomic E-state index is -0.260. The summed E-state index contributed by atoms with van der Waals surface area (Å²) < 4.78 is 4.81. The van der Waals surface area contributed by atoms with Crippen molar-refractivity contribution in [2.45, 2.75) is 6.54 Å². The summed E-state index contributed by atoms with van der Waals surface area (Å²) >= 11 is 7.14. The lowest BCUT2D eigenvalue weighted by atomic mass is 10.3.